The van der Waals surface area contributed by atoms with Gasteiger partial charge in [-0.1, -0.05) is 30.3 Å². The first kappa shape index (κ1) is 16.0. The van der Waals surface area contributed by atoms with Crippen molar-refractivity contribution in [3.8, 4) is 10.6 Å². The van der Waals surface area contributed by atoms with Gasteiger partial charge in [-0.15, -0.1) is 11.3 Å². The molecule has 0 fully saturated rings. The number of aryl methyl sites for hydroxylation is 1. The summed E-state index contributed by atoms with van der Waals surface area (Å²) in [5.41, 5.74) is 1.93. The maximum atomic E-state index is 11.6. The Kier molecular flexibility index (Phi) is 5.48. The van der Waals surface area contributed by atoms with E-state index in [0.717, 1.165) is 21.1 Å². The predicted octanol–water partition coefficient (Wildman–Crippen LogP) is 2.39. The molecule has 0 unspecified atom stereocenters. The van der Waals surface area contributed by atoms with Crippen molar-refractivity contribution in [1.29, 1.82) is 0 Å². The second-order valence-corrected chi connectivity index (χ2v) is 5.73. The maximum absolute atomic E-state index is 11.6. The first-order valence-corrected chi connectivity index (χ1v) is 7.63. The lowest BCUT2D eigenvalue weighted by Crippen LogP contribution is -2.36. The van der Waals surface area contributed by atoms with E-state index in [-0.39, 0.29) is 19.0 Å². The smallest absolute Gasteiger partial charge is 0.315 e. The topological polar surface area (TPSA) is 91.3 Å². The first-order valence-electron chi connectivity index (χ1n) is 6.81. The summed E-state index contributed by atoms with van der Waals surface area (Å²) in [6.45, 7) is 2.38. The Morgan fingerprint density at radius 1 is 1.23 bits per heavy atom. The summed E-state index contributed by atoms with van der Waals surface area (Å²) in [5, 5.41) is 14.6. The van der Waals surface area contributed by atoms with Crippen molar-refractivity contribution in [2.45, 2.75) is 19.9 Å². The van der Waals surface area contributed by atoms with E-state index in [0.29, 0.717) is 6.54 Å². The molecule has 6 nitrogen and oxygen atoms in total. The lowest BCUT2D eigenvalue weighted by atomic mass is 10.2. The van der Waals surface area contributed by atoms with Crippen LogP contribution in [0.25, 0.3) is 10.6 Å². The Morgan fingerprint density at radius 2 is 1.95 bits per heavy atom. The molecule has 2 aromatic rings. The number of carbonyl (C=O) groups is 2. The fraction of sp³-hybridized carbons (Fsp3) is 0.267. The zero-order valence-corrected chi connectivity index (χ0v) is 12.9. The summed E-state index contributed by atoms with van der Waals surface area (Å²) in [7, 11) is 0. The zero-order chi connectivity index (χ0) is 15.9. The van der Waals surface area contributed by atoms with Crippen molar-refractivity contribution in [3.05, 3.63) is 40.9 Å². The molecule has 0 saturated heterocycles. The second kappa shape index (κ2) is 7.56. The average molecular weight is 319 g/mol. The van der Waals surface area contributed by atoms with Gasteiger partial charge in [0, 0.05) is 17.0 Å². The molecule has 3 N–H and O–H groups in total. The van der Waals surface area contributed by atoms with Crippen molar-refractivity contribution in [1.82, 2.24) is 15.6 Å². The molecular weight excluding hydrogens is 302 g/mol. The van der Waals surface area contributed by atoms with Crippen molar-refractivity contribution >= 4 is 23.3 Å². The van der Waals surface area contributed by atoms with Crippen molar-refractivity contribution in [2.75, 3.05) is 6.54 Å². The summed E-state index contributed by atoms with van der Waals surface area (Å²) < 4.78 is 0. The van der Waals surface area contributed by atoms with Gasteiger partial charge in [-0.2, -0.15) is 0 Å². The number of nitrogens with one attached hydrogen (secondary N) is 2. The lowest BCUT2D eigenvalue weighted by Gasteiger charge is -2.05. The second-order valence-electron chi connectivity index (χ2n) is 4.65. The van der Waals surface area contributed by atoms with E-state index >= 15 is 0 Å². The highest BCUT2D eigenvalue weighted by atomic mass is 32.1. The van der Waals surface area contributed by atoms with Gasteiger partial charge >= 0.3 is 12.0 Å². The van der Waals surface area contributed by atoms with Gasteiger partial charge in [-0.05, 0) is 6.92 Å². The highest BCUT2D eigenvalue weighted by Crippen LogP contribution is 2.27. The van der Waals surface area contributed by atoms with Gasteiger partial charge in [0.1, 0.15) is 5.01 Å². The number of rotatable bonds is 6. The zero-order valence-electron chi connectivity index (χ0n) is 12.1. The van der Waals surface area contributed by atoms with Crippen LogP contribution in [0.3, 0.4) is 0 Å². The molecule has 7 heteroatoms. The number of hydrogen-bond donors (Lipinski definition) is 3. The minimum atomic E-state index is -0.939. The number of carboxylic acids is 1. The van der Waals surface area contributed by atoms with E-state index < -0.39 is 5.97 Å². The Bertz CT molecular complexity index is 655. The molecule has 2 amide bonds. The lowest BCUT2D eigenvalue weighted by molar-refractivity contribution is -0.136. The normalized spacial score (nSPS) is 10.2. The quantitative estimate of drug-likeness (QED) is 0.762. The SMILES string of the molecule is Cc1nc(-c2ccccc2)sc1CNC(=O)NCCC(=O)O. The van der Waals surface area contributed by atoms with Crippen LogP contribution >= 0.6 is 11.3 Å². The van der Waals surface area contributed by atoms with Crippen molar-refractivity contribution in [2.24, 2.45) is 0 Å². The number of carboxylic acid groups (broad SMARTS) is 1. The molecule has 2 rings (SSSR count). The van der Waals surface area contributed by atoms with Crippen molar-refractivity contribution < 1.29 is 14.7 Å². The number of benzene rings is 1. The summed E-state index contributed by atoms with van der Waals surface area (Å²) in [5.74, 6) is -0.939. The Balaban J connectivity index is 1.90. The predicted molar refractivity (Wildman–Crippen MR) is 84.8 cm³/mol. The van der Waals surface area contributed by atoms with E-state index in [9.17, 15) is 9.59 Å². The summed E-state index contributed by atoms with van der Waals surface area (Å²) in [6.07, 6.45) is -0.0921. The van der Waals surface area contributed by atoms with Crippen LogP contribution in [0.4, 0.5) is 4.79 Å². The number of hydrogen-bond acceptors (Lipinski definition) is 4. The fourth-order valence-electron chi connectivity index (χ4n) is 1.80. The van der Waals surface area contributed by atoms with E-state index in [1.807, 2.05) is 37.3 Å². The Labute approximate surface area is 132 Å². The molecule has 0 aliphatic carbocycles. The van der Waals surface area contributed by atoms with Gasteiger partial charge in [0.15, 0.2) is 0 Å². The average Bonchev–Trinajstić information content (AvgIpc) is 2.87. The number of aliphatic carboxylic acids is 1. The number of aromatic nitrogens is 1. The third-order valence-electron chi connectivity index (χ3n) is 2.95. The van der Waals surface area contributed by atoms with Gasteiger partial charge in [0.25, 0.3) is 0 Å². The van der Waals surface area contributed by atoms with E-state index in [4.69, 9.17) is 5.11 Å². The van der Waals surface area contributed by atoms with Crippen LogP contribution in [-0.2, 0) is 11.3 Å². The van der Waals surface area contributed by atoms with Crippen LogP contribution in [0.15, 0.2) is 30.3 Å². The summed E-state index contributed by atoms with van der Waals surface area (Å²) in [6, 6.07) is 9.48. The largest absolute Gasteiger partial charge is 0.481 e. The third-order valence-corrected chi connectivity index (χ3v) is 4.15. The molecule has 0 aliphatic rings. The fourth-order valence-corrected chi connectivity index (χ4v) is 2.81. The minimum Gasteiger partial charge on any atom is -0.481 e. The Hall–Kier alpha value is -2.41. The van der Waals surface area contributed by atoms with Gasteiger partial charge < -0.3 is 15.7 Å². The molecule has 0 spiro atoms. The molecule has 1 aromatic heterocycles. The maximum Gasteiger partial charge on any atom is 0.315 e. The van der Waals surface area contributed by atoms with Crippen LogP contribution in [0, 0.1) is 6.92 Å². The van der Waals surface area contributed by atoms with Crippen LogP contribution < -0.4 is 10.6 Å². The molecule has 0 saturated carbocycles. The monoisotopic (exact) mass is 319 g/mol. The van der Waals surface area contributed by atoms with Gasteiger partial charge in [0.05, 0.1) is 18.7 Å². The van der Waals surface area contributed by atoms with E-state index in [1.54, 1.807) is 0 Å². The van der Waals surface area contributed by atoms with Crippen LogP contribution in [0.2, 0.25) is 0 Å². The molecule has 0 bridgehead atoms. The van der Waals surface area contributed by atoms with Crippen molar-refractivity contribution in [3.63, 3.8) is 0 Å². The number of carbonyl (C=O) groups excluding carboxylic acids is 1. The highest BCUT2D eigenvalue weighted by molar-refractivity contribution is 7.15. The Morgan fingerprint density at radius 3 is 2.64 bits per heavy atom. The molecular formula is C15H17N3O3S. The molecule has 0 radical (unpaired) electrons. The van der Waals surface area contributed by atoms with Crippen LogP contribution in [-0.4, -0.2) is 28.6 Å². The van der Waals surface area contributed by atoms with E-state index in [2.05, 4.69) is 15.6 Å². The molecule has 0 atom stereocenters. The molecule has 22 heavy (non-hydrogen) atoms. The number of nitrogens with zero attached hydrogens (tertiary/aromatic N) is 1. The molecule has 1 heterocycles. The molecule has 1 aromatic carbocycles. The number of amides is 2. The third kappa shape index (κ3) is 4.56. The molecule has 116 valence electrons. The van der Waals surface area contributed by atoms with Gasteiger partial charge in [-0.3, -0.25) is 4.79 Å². The number of urea groups is 1. The van der Waals surface area contributed by atoms with Crippen LogP contribution in [0.5, 0.6) is 0 Å². The first-order chi connectivity index (χ1) is 10.6. The summed E-state index contributed by atoms with van der Waals surface area (Å²) >= 11 is 1.54. The molecule has 0 aliphatic heterocycles. The standard InChI is InChI=1S/C15H17N3O3S/c1-10-12(9-17-15(21)16-8-7-13(19)20)22-14(18-10)11-5-3-2-4-6-11/h2-6H,7-9H2,1H3,(H,19,20)(H2,16,17,21). The summed E-state index contributed by atoms with van der Waals surface area (Å²) in [4.78, 5) is 27.4. The van der Waals surface area contributed by atoms with Gasteiger partial charge in [0.2, 0.25) is 0 Å². The number of thiazole rings is 1. The highest BCUT2D eigenvalue weighted by Gasteiger charge is 2.10. The van der Waals surface area contributed by atoms with Gasteiger partial charge in [-0.25, -0.2) is 9.78 Å². The minimum absolute atomic E-state index is 0.0921. The van der Waals surface area contributed by atoms with E-state index in [1.165, 1.54) is 11.3 Å². The van der Waals surface area contributed by atoms with Crippen LogP contribution in [0.1, 0.15) is 17.0 Å².